The fraction of sp³-hybridized carbons (Fsp3) is 0.500. The maximum absolute atomic E-state index is 12.5. The summed E-state index contributed by atoms with van der Waals surface area (Å²) in [5, 5.41) is 11.1. The summed E-state index contributed by atoms with van der Waals surface area (Å²) >= 11 is 0. The number of hydrogen-bond donors (Lipinski definition) is 2. The summed E-state index contributed by atoms with van der Waals surface area (Å²) in [7, 11) is 0. The van der Waals surface area contributed by atoms with Gasteiger partial charge in [-0.3, -0.25) is 4.79 Å². The molecule has 1 aromatic heterocycles. The number of benzene rings is 1. The Labute approximate surface area is 130 Å². The minimum Gasteiger partial charge on any atom is -0.394 e. The molecule has 1 amide bonds. The van der Waals surface area contributed by atoms with Crippen molar-refractivity contribution in [2.75, 3.05) is 6.61 Å². The highest BCUT2D eigenvalue weighted by Gasteiger charge is 2.44. The van der Waals surface area contributed by atoms with Gasteiger partial charge in [0.2, 0.25) is 5.91 Å². The largest absolute Gasteiger partial charge is 0.394 e. The zero-order valence-electron chi connectivity index (χ0n) is 12.9. The molecular weight excluding hydrogens is 276 g/mol. The molecule has 1 fully saturated rings. The highest BCUT2D eigenvalue weighted by molar-refractivity contribution is 5.86. The van der Waals surface area contributed by atoms with Gasteiger partial charge in [0.15, 0.2) is 0 Å². The molecular formula is C18H22N2O2. The zero-order chi connectivity index (χ0) is 15.3. The van der Waals surface area contributed by atoms with Crippen LogP contribution in [0.3, 0.4) is 0 Å². The Morgan fingerprint density at radius 3 is 2.95 bits per heavy atom. The van der Waals surface area contributed by atoms with Crippen LogP contribution in [0.15, 0.2) is 24.3 Å². The number of fused-ring (bicyclic) bond motifs is 5. The average Bonchev–Trinajstić information content (AvgIpc) is 2.93. The highest BCUT2D eigenvalue weighted by Crippen LogP contribution is 2.45. The smallest absolute Gasteiger partial charge is 0.223 e. The number of nitrogens with one attached hydrogen (secondary N) is 1. The molecule has 3 atom stereocenters. The van der Waals surface area contributed by atoms with Crippen molar-refractivity contribution in [3.63, 3.8) is 0 Å². The van der Waals surface area contributed by atoms with Gasteiger partial charge < -0.3 is 15.0 Å². The van der Waals surface area contributed by atoms with Crippen molar-refractivity contribution in [2.45, 2.75) is 44.7 Å². The molecule has 2 aliphatic rings. The van der Waals surface area contributed by atoms with Crippen molar-refractivity contribution < 1.29 is 9.90 Å². The van der Waals surface area contributed by atoms with Crippen molar-refractivity contribution in [1.29, 1.82) is 0 Å². The third-order valence-electron chi connectivity index (χ3n) is 5.47. The third-order valence-corrected chi connectivity index (χ3v) is 5.47. The van der Waals surface area contributed by atoms with E-state index >= 15 is 0 Å². The summed E-state index contributed by atoms with van der Waals surface area (Å²) in [5.41, 5.74) is 3.63. The van der Waals surface area contributed by atoms with Gasteiger partial charge in [0.05, 0.1) is 18.7 Å². The minimum absolute atomic E-state index is 0.0393. The maximum Gasteiger partial charge on any atom is 0.223 e. The van der Waals surface area contributed by atoms with E-state index in [1.54, 1.807) is 0 Å². The molecule has 2 aromatic rings. The predicted octanol–water partition coefficient (Wildman–Crippen LogP) is 2.77. The Morgan fingerprint density at radius 1 is 1.36 bits per heavy atom. The molecule has 0 radical (unpaired) electrons. The number of rotatable bonds is 2. The van der Waals surface area contributed by atoms with Gasteiger partial charge in [-0.15, -0.1) is 0 Å². The molecule has 1 saturated heterocycles. The highest BCUT2D eigenvalue weighted by atomic mass is 16.3. The van der Waals surface area contributed by atoms with Crippen molar-refractivity contribution in [3.05, 3.63) is 35.5 Å². The molecule has 116 valence electrons. The number of para-hydroxylation sites is 1. The molecule has 0 aliphatic carbocycles. The lowest BCUT2D eigenvalue weighted by atomic mass is 9.79. The Hall–Kier alpha value is -1.81. The summed E-state index contributed by atoms with van der Waals surface area (Å²) in [6.07, 6.45) is 3.36. The molecule has 2 aliphatic heterocycles. The number of carbonyl (C=O) groups is 1. The monoisotopic (exact) mass is 298 g/mol. The van der Waals surface area contributed by atoms with Crippen molar-refractivity contribution in [1.82, 2.24) is 9.88 Å². The molecule has 4 heteroatoms. The van der Waals surface area contributed by atoms with Crippen LogP contribution in [0, 0.1) is 5.92 Å². The van der Waals surface area contributed by atoms with Crippen LogP contribution in [0.25, 0.3) is 10.9 Å². The number of hydrogen-bond acceptors (Lipinski definition) is 2. The van der Waals surface area contributed by atoms with Gasteiger partial charge >= 0.3 is 0 Å². The second-order valence-electron chi connectivity index (χ2n) is 6.56. The molecule has 4 rings (SSSR count). The van der Waals surface area contributed by atoms with E-state index in [9.17, 15) is 9.90 Å². The van der Waals surface area contributed by atoms with Crippen molar-refractivity contribution >= 4 is 16.8 Å². The van der Waals surface area contributed by atoms with Gasteiger partial charge in [-0.05, 0) is 30.4 Å². The molecule has 1 aromatic carbocycles. The van der Waals surface area contributed by atoms with Crippen LogP contribution in [-0.2, 0) is 11.2 Å². The molecule has 1 unspecified atom stereocenters. The lowest BCUT2D eigenvalue weighted by Crippen LogP contribution is -2.53. The van der Waals surface area contributed by atoms with Crippen LogP contribution in [0.1, 0.15) is 43.5 Å². The van der Waals surface area contributed by atoms with E-state index in [4.69, 9.17) is 0 Å². The van der Waals surface area contributed by atoms with E-state index in [-0.39, 0.29) is 24.6 Å². The third kappa shape index (κ3) is 1.83. The average molecular weight is 298 g/mol. The molecule has 22 heavy (non-hydrogen) atoms. The number of amides is 1. The van der Waals surface area contributed by atoms with Crippen LogP contribution in [-0.4, -0.2) is 33.5 Å². The van der Waals surface area contributed by atoms with Gasteiger partial charge in [-0.1, -0.05) is 31.5 Å². The number of piperidine rings is 1. The Balaban J connectivity index is 1.92. The lowest BCUT2D eigenvalue weighted by Gasteiger charge is -2.47. The second-order valence-corrected chi connectivity index (χ2v) is 6.56. The number of H-pyrrole nitrogens is 1. The zero-order valence-corrected chi connectivity index (χ0v) is 12.9. The van der Waals surface area contributed by atoms with Crippen LogP contribution >= 0.6 is 0 Å². The van der Waals surface area contributed by atoms with Gasteiger partial charge in [0.25, 0.3) is 0 Å². The van der Waals surface area contributed by atoms with Crippen molar-refractivity contribution in [3.8, 4) is 0 Å². The first-order chi connectivity index (χ1) is 10.7. The van der Waals surface area contributed by atoms with Gasteiger partial charge in [-0.25, -0.2) is 0 Å². The van der Waals surface area contributed by atoms with Crippen LogP contribution in [0.5, 0.6) is 0 Å². The molecule has 0 spiro atoms. The van der Waals surface area contributed by atoms with E-state index < -0.39 is 0 Å². The standard InChI is InChI=1S/C18H22N2O2/c1-2-11-7-8-16(22)20-12(10-21)9-14-13-5-3-4-6-15(13)19-17(14)18(11)20/h3-6,11-12,18-19,21H,2,7-10H2,1H3/t11-,12+,18?/m1/s1. The van der Waals surface area contributed by atoms with E-state index in [1.165, 1.54) is 16.6 Å². The SMILES string of the molecule is CC[C@@H]1CCC(=O)N2C1c1[nH]c3ccccc3c1C[C@H]2CO. The quantitative estimate of drug-likeness (QED) is 0.895. The fourth-order valence-electron chi connectivity index (χ4n) is 4.39. The summed E-state index contributed by atoms with van der Waals surface area (Å²) in [4.78, 5) is 18.0. The normalized spacial score (nSPS) is 27.8. The van der Waals surface area contributed by atoms with Crippen LogP contribution in [0.2, 0.25) is 0 Å². The van der Waals surface area contributed by atoms with Gasteiger partial charge in [0.1, 0.15) is 0 Å². The molecule has 4 nitrogen and oxygen atoms in total. The first kappa shape index (κ1) is 13.8. The van der Waals surface area contributed by atoms with E-state index in [2.05, 4.69) is 30.1 Å². The van der Waals surface area contributed by atoms with Gasteiger partial charge in [0, 0.05) is 23.0 Å². The molecule has 0 saturated carbocycles. The number of aliphatic hydroxyl groups is 1. The number of carbonyl (C=O) groups excluding carboxylic acids is 1. The lowest BCUT2D eigenvalue weighted by molar-refractivity contribution is -0.145. The van der Waals surface area contributed by atoms with Crippen LogP contribution in [0.4, 0.5) is 0 Å². The number of nitrogens with zero attached hydrogens (tertiary/aromatic N) is 1. The van der Waals surface area contributed by atoms with Crippen LogP contribution < -0.4 is 0 Å². The first-order valence-electron chi connectivity index (χ1n) is 8.26. The van der Waals surface area contributed by atoms with Crippen molar-refractivity contribution in [2.24, 2.45) is 5.92 Å². The molecule has 0 bridgehead atoms. The van der Waals surface area contributed by atoms with E-state index in [1.807, 2.05) is 11.0 Å². The Kier molecular flexibility index (Phi) is 3.22. The predicted molar refractivity (Wildman–Crippen MR) is 85.5 cm³/mol. The number of aromatic nitrogens is 1. The number of aromatic amines is 1. The van der Waals surface area contributed by atoms with Gasteiger partial charge in [-0.2, -0.15) is 0 Å². The summed E-state index contributed by atoms with van der Waals surface area (Å²) < 4.78 is 0. The summed E-state index contributed by atoms with van der Waals surface area (Å²) in [6, 6.07) is 8.34. The Morgan fingerprint density at radius 2 is 2.18 bits per heavy atom. The molecule has 2 N–H and O–H groups in total. The fourth-order valence-corrected chi connectivity index (χ4v) is 4.39. The Bertz CT molecular complexity index is 721. The summed E-state index contributed by atoms with van der Waals surface area (Å²) in [6.45, 7) is 2.24. The van der Waals surface area contributed by atoms with E-state index in [0.29, 0.717) is 12.3 Å². The molecule has 3 heterocycles. The maximum atomic E-state index is 12.5. The summed E-state index contributed by atoms with van der Waals surface area (Å²) in [5.74, 6) is 0.664. The topological polar surface area (TPSA) is 56.3 Å². The van der Waals surface area contributed by atoms with E-state index in [0.717, 1.165) is 24.8 Å². The second kappa shape index (κ2) is 5.13. The number of aliphatic hydroxyl groups excluding tert-OH is 1. The minimum atomic E-state index is -0.0847. The first-order valence-corrected chi connectivity index (χ1v) is 8.26.